The molecule has 1 N–H and O–H groups in total. The summed E-state index contributed by atoms with van der Waals surface area (Å²) in [5.41, 5.74) is 2.48. The third-order valence-corrected chi connectivity index (χ3v) is 4.62. The topological polar surface area (TPSA) is 29.9 Å². The first-order valence-corrected chi connectivity index (χ1v) is 7.63. The first-order valence-electron chi connectivity index (χ1n) is 6.48. The van der Waals surface area contributed by atoms with E-state index in [1.807, 2.05) is 11.7 Å². The molecule has 0 saturated carbocycles. The van der Waals surface area contributed by atoms with E-state index in [0.29, 0.717) is 6.04 Å². The van der Waals surface area contributed by atoms with Gasteiger partial charge in [-0.1, -0.05) is 0 Å². The van der Waals surface area contributed by atoms with Crippen molar-refractivity contribution >= 4 is 11.8 Å². The van der Waals surface area contributed by atoms with Gasteiger partial charge in [-0.3, -0.25) is 4.68 Å². The summed E-state index contributed by atoms with van der Waals surface area (Å²) < 4.78 is 1.90. The van der Waals surface area contributed by atoms with E-state index in [9.17, 15) is 0 Å². The number of nitrogens with one attached hydrogen (secondary N) is 1. The molecule has 1 aromatic rings. The zero-order chi connectivity index (χ0) is 12.3. The molecule has 96 valence electrons. The fraction of sp³-hybridized carbons (Fsp3) is 0.769. The summed E-state index contributed by atoms with van der Waals surface area (Å²) in [5, 5.41) is 8.06. The number of hydrogen-bond donors (Lipinski definition) is 1. The Kier molecular flexibility index (Phi) is 4.51. The van der Waals surface area contributed by atoms with E-state index in [1.54, 1.807) is 0 Å². The molecular weight excluding hydrogens is 230 g/mol. The molecule has 1 atom stereocenters. The van der Waals surface area contributed by atoms with Crippen LogP contribution in [0.3, 0.4) is 0 Å². The molecule has 4 heteroatoms. The van der Waals surface area contributed by atoms with Crippen molar-refractivity contribution in [3.05, 3.63) is 17.5 Å². The minimum absolute atomic E-state index is 0.415. The largest absolute Gasteiger partial charge is 0.310 e. The third-order valence-electron chi connectivity index (χ3n) is 3.57. The fourth-order valence-electron chi connectivity index (χ4n) is 2.45. The average Bonchev–Trinajstić information content (AvgIpc) is 2.67. The average molecular weight is 253 g/mol. The Morgan fingerprint density at radius 2 is 2.24 bits per heavy atom. The number of hydrogen-bond acceptors (Lipinski definition) is 3. The van der Waals surface area contributed by atoms with Crippen molar-refractivity contribution in [1.82, 2.24) is 15.1 Å². The maximum absolute atomic E-state index is 4.40. The molecular formula is C13H23N3S. The van der Waals surface area contributed by atoms with Crippen molar-refractivity contribution < 1.29 is 0 Å². The Hall–Kier alpha value is -0.480. The molecule has 0 radical (unpaired) electrons. The SMILES string of the molecule is Cc1nn(C)cc1C(C)NCC1CCSCC1. The van der Waals surface area contributed by atoms with Gasteiger partial charge in [-0.2, -0.15) is 16.9 Å². The van der Waals surface area contributed by atoms with Crippen molar-refractivity contribution in [3.63, 3.8) is 0 Å². The van der Waals surface area contributed by atoms with Gasteiger partial charge in [0.2, 0.25) is 0 Å². The highest BCUT2D eigenvalue weighted by Crippen LogP contribution is 2.23. The summed E-state index contributed by atoms with van der Waals surface area (Å²) in [6.07, 6.45) is 4.87. The lowest BCUT2D eigenvalue weighted by Crippen LogP contribution is -2.28. The number of aryl methyl sites for hydroxylation is 2. The second-order valence-corrected chi connectivity index (χ2v) is 6.25. The molecule has 1 aliphatic heterocycles. The summed E-state index contributed by atoms with van der Waals surface area (Å²) in [7, 11) is 1.99. The van der Waals surface area contributed by atoms with Gasteiger partial charge in [0.25, 0.3) is 0 Å². The molecule has 1 unspecified atom stereocenters. The molecule has 0 aliphatic carbocycles. The Morgan fingerprint density at radius 3 is 2.82 bits per heavy atom. The van der Waals surface area contributed by atoms with E-state index >= 15 is 0 Å². The third kappa shape index (κ3) is 3.49. The van der Waals surface area contributed by atoms with Crippen molar-refractivity contribution in [2.24, 2.45) is 13.0 Å². The molecule has 1 saturated heterocycles. The van der Waals surface area contributed by atoms with Crippen LogP contribution in [-0.2, 0) is 7.05 Å². The minimum Gasteiger partial charge on any atom is -0.310 e. The maximum Gasteiger partial charge on any atom is 0.0641 e. The monoisotopic (exact) mass is 253 g/mol. The Bertz CT molecular complexity index is 356. The van der Waals surface area contributed by atoms with Gasteiger partial charge < -0.3 is 5.32 Å². The molecule has 0 aromatic carbocycles. The highest BCUT2D eigenvalue weighted by Gasteiger charge is 2.16. The van der Waals surface area contributed by atoms with Crippen LogP contribution in [0.2, 0.25) is 0 Å². The highest BCUT2D eigenvalue weighted by molar-refractivity contribution is 7.99. The van der Waals surface area contributed by atoms with E-state index in [2.05, 4.69) is 42.2 Å². The van der Waals surface area contributed by atoms with Gasteiger partial charge in [0, 0.05) is 24.8 Å². The van der Waals surface area contributed by atoms with E-state index in [1.165, 1.54) is 29.9 Å². The van der Waals surface area contributed by atoms with Crippen LogP contribution >= 0.6 is 11.8 Å². The van der Waals surface area contributed by atoms with Crippen LogP contribution in [0.5, 0.6) is 0 Å². The van der Waals surface area contributed by atoms with Gasteiger partial charge in [0.05, 0.1) is 5.69 Å². The molecule has 1 aromatic heterocycles. The highest BCUT2D eigenvalue weighted by atomic mass is 32.2. The standard InChI is InChI=1S/C13H23N3S/c1-10(13-9-16(3)15-11(13)2)14-8-12-4-6-17-7-5-12/h9-10,12,14H,4-8H2,1-3H3. The van der Waals surface area contributed by atoms with Gasteiger partial charge in [0.15, 0.2) is 0 Å². The zero-order valence-corrected chi connectivity index (χ0v) is 11.9. The van der Waals surface area contributed by atoms with E-state index in [4.69, 9.17) is 0 Å². The molecule has 17 heavy (non-hydrogen) atoms. The molecule has 3 nitrogen and oxygen atoms in total. The van der Waals surface area contributed by atoms with Crippen molar-refractivity contribution in [1.29, 1.82) is 0 Å². The van der Waals surface area contributed by atoms with Crippen LogP contribution in [0.1, 0.15) is 37.1 Å². The minimum atomic E-state index is 0.415. The Labute approximate surface area is 108 Å². The van der Waals surface area contributed by atoms with Crippen LogP contribution in [0.15, 0.2) is 6.20 Å². The molecule has 2 rings (SSSR count). The molecule has 1 fully saturated rings. The first kappa shape index (κ1) is 13.0. The first-order chi connectivity index (χ1) is 8.16. The lowest BCUT2D eigenvalue weighted by Gasteiger charge is -2.23. The fourth-order valence-corrected chi connectivity index (χ4v) is 3.65. The smallest absolute Gasteiger partial charge is 0.0641 e. The summed E-state index contributed by atoms with van der Waals surface area (Å²) in [6, 6.07) is 0.415. The van der Waals surface area contributed by atoms with Crippen LogP contribution in [0.25, 0.3) is 0 Å². The second kappa shape index (κ2) is 5.91. The Balaban J connectivity index is 1.84. The molecule has 1 aliphatic rings. The molecule has 0 bridgehead atoms. The lowest BCUT2D eigenvalue weighted by molar-refractivity contribution is 0.420. The number of aromatic nitrogens is 2. The lowest BCUT2D eigenvalue weighted by atomic mass is 10.0. The summed E-state index contributed by atoms with van der Waals surface area (Å²) in [4.78, 5) is 0. The zero-order valence-electron chi connectivity index (χ0n) is 11.1. The van der Waals surface area contributed by atoms with Crippen LogP contribution in [0.4, 0.5) is 0 Å². The predicted molar refractivity (Wildman–Crippen MR) is 74.4 cm³/mol. The normalized spacial score (nSPS) is 19.5. The van der Waals surface area contributed by atoms with E-state index in [-0.39, 0.29) is 0 Å². The van der Waals surface area contributed by atoms with Crippen LogP contribution < -0.4 is 5.32 Å². The predicted octanol–water partition coefficient (Wildman–Crippen LogP) is 2.52. The summed E-state index contributed by atoms with van der Waals surface area (Å²) >= 11 is 2.09. The van der Waals surface area contributed by atoms with Gasteiger partial charge in [0.1, 0.15) is 0 Å². The second-order valence-electron chi connectivity index (χ2n) is 5.03. The van der Waals surface area contributed by atoms with E-state index in [0.717, 1.165) is 18.2 Å². The number of nitrogens with zero attached hydrogens (tertiary/aromatic N) is 2. The van der Waals surface area contributed by atoms with Crippen molar-refractivity contribution in [2.75, 3.05) is 18.1 Å². The number of thioether (sulfide) groups is 1. The van der Waals surface area contributed by atoms with Crippen LogP contribution in [-0.4, -0.2) is 27.8 Å². The summed E-state index contributed by atoms with van der Waals surface area (Å²) in [6.45, 7) is 5.47. The maximum atomic E-state index is 4.40. The molecule has 2 heterocycles. The molecule has 0 spiro atoms. The van der Waals surface area contributed by atoms with Gasteiger partial charge in [-0.05, 0) is 50.7 Å². The quantitative estimate of drug-likeness (QED) is 0.894. The molecule has 0 amide bonds. The number of rotatable bonds is 4. The Morgan fingerprint density at radius 1 is 1.53 bits per heavy atom. The van der Waals surface area contributed by atoms with Gasteiger partial charge in [-0.15, -0.1) is 0 Å². The van der Waals surface area contributed by atoms with Gasteiger partial charge >= 0.3 is 0 Å². The van der Waals surface area contributed by atoms with Crippen molar-refractivity contribution in [3.8, 4) is 0 Å². The van der Waals surface area contributed by atoms with Crippen LogP contribution in [0, 0.1) is 12.8 Å². The van der Waals surface area contributed by atoms with Gasteiger partial charge in [-0.25, -0.2) is 0 Å². The summed E-state index contributed by atoms with van der Waals surface area (Å²) in [5.74, 6) is 3.55. The van der Waals surface area contributed by atoms with E-state index < -0.39 is 0 Å². The van der Waals surface area contributed by atoms with Crippen molar-refractivity contribution in [2.45, 2.75) is 32.7 Å².